The largest absolute Gasteiger partial charge is 0.416 e. The van der Waals surface area contributed by atoms with Gasteiger partial charge in [0.25, 0.3) is 0 Å². The zero-order chi connectivity index (χ0) is 30.2. The van der Waals surface area contributed by atoms with E-state index in [0.29, 0.717) is 44.3 Å². The van der Waals surface area contributed by atoms with E-state index < -0.39 is 35.5 Å². The summed E-state index contributed by atoms with van der Waals surface area (Å²) < 4.78 is 38.9. The van der Waals surface area contributed by atoms with Crippen LogP contribution in [0.2, 0.25) is 0 Å². The molecule has 1 fully saturated rings. The molecule has 1 saturated heterocycles. The first-order chi connectivity index (χ1) is 19.4. The molecule has 1 aliphatic heterocycles. The summed E-state index contributed by atoms with van der Waals surface area (Å²) in [4.78, 5) is 41.2. The van der Waals surface area contributed by atoms with Gasteiger partial charge in [0.2, 0.25) is 17.7 Å². The van der Waals surface area contributed by atoms with Gasteiger partial charge in [-0.15, -0.1) is 0 Å². The third-order valence-corrected chi connectivity index (χ3v) is 7.54. The van der Waals surface area contributed by atoms with Gasteiger partial charge >= 0.3 is 6.18 Å². The molecule has 7 nitrogen and oxygen atoms in total. The number of hydroxylamine groups is 1. The minimum Gasteiger partial charge on any atom is -0.344 e. The van der Waals surface area contributed by atoms with E-state index in [2.05, 4.69) is 5.32 Å². The molecule has 0 saturated carbocycles. The molecule has 3 atom stereocenters. The Morgan fingerprint density at radius 2 is 1.73 bits per heavy atom. The predicted octanol–water partition coefficient (Wildman–Crippen LogP) is 5.95. The lowest BCUT2D eigenvalue weighted by Crippen LogP contribution is -2.51. The van der Waals surface area contributed by atoms with Crippen LogP contribution in [-0.2, 0) is 27.1 Å². The third-order valence-electron chi connectivity index (χ3n) is 7.54. The maximum absolute atomic E-state index is 13.6. The first-order valence-corrected chi connectivity index (χ1v) is 14.2. The first-order valence-electron chi connectivity index (χ1n) is 14.2. The lowest BCUT2D eigenvalue weighted by atomic mass is 9.81. The number of hydrogen-bond acceptors (Lipinski definition) is 4. The number of rotatable bonds is 11. The summed E-state index contributed by atoms with van der Waals surface area (Å²) in [5.41, 5.74) is 3.18. The van der Waals surface area contributed by atoms with Gasteiger partial charge in [-0.3, -0.25) is 19.6 Å². The van der Waals surface area contributed by atoms with Gasteiger partial charge in [0.1, 0.15) is 6.04 Å². The van der Waals surface area contributed by atoms with Crippen molar-refractivity contribution < 1.29 is 32.8 Å². The predicted molar refractivity (Wildman–Crippen MR) is 149 cm³/mol. The van der Waals surface area contributed by atoms with Crippen LogP contribution in [0.15, 0.2) is 48.5 Å². The van der Waals surface area contributed by atoms with Gasteiger partial charge in [0.05, 0.1) is 11.5 Å². The van der Waals surface area contributed by atoms with E-state index in [1.54, 1.807) is 16.4 Å². The Labute approximate surface area is 239 Å². The highest BCUT2D eigenvalue weighted by Gasteiger charge is 2.36. The van der Waals surface area contributed by atoms with Crippen molar-refractivity contribution in [3.05, 3.63) is 59.7 Å². The Hall–Kier alpha value is -3.40. The molecule has 2 unspecified atom stereocenters. The average Bonchev–Trinajstić information content (AvgIpc) is 3.10. The summed E-state index contributed by atoms with van der Waals surface area (Å²) in [5, 5.41) is 12.2. The lowest BCUT2D eigenvalue weighted by Gasteiger charge is -2.29. The number of alkyl halides is 3. The van der Waals surface area contributed by atoms with Gasteiger partial charge in [0, 0.05) is 19.0 Å². The van der Waals surface area contributed by atoms with Crippen molar-refractivity contribution in [2.75, 3.05) is 6.54 Å². The summed E-state index contributed by atoms with van der Waals surface area (Å²) in [5.74, 6) is -2.46. The molecule has 2 aromatic rings. The first kappa shape index (κ1) is 32.1. The molecular weight excluding hydrogens is 535 g/mol. The molecule has 3 amide bonds. The molecular formula is C31H40F3N3O4. The van der Waals surface area contributed by atoms with Gasteiger partial charge in [-0.05, 0) is 72.9 Å². The fraction of sp³-hybridized carbons (Fsp3) is 0.516. The summed E-state index contributed by atoms with van der Waals surface area (Å²) >= 11 is 0. The van der Waals surface area contributed by atoms with Gasteiger partial charge in [-0.1, -0.05) is 57.5 Å². The van der Waals surface area contributed by atoms with Crippen LogP contribution in [0.1, 0.15) is 70.4 Å². The number of nitrogens with zero attached hydrogens (tertiary/aromatic N) is 1. The molecule has 1 heterocycles. The standard InChI is InChI=1S/C31H40F3N3O4/c1-4-8-25(29(39)36-41)26(17-20(2)3)28(38)35-27-11-5-6-16-37(30(27)40)19-21-9-7-10-23(18-21)22-12-14-24(15-13-22)31(32,33)34/h7,9-10,12-15,18,20,25-27,41H,4-6,8,11,16-17,19H2,1-3H3,(H,35,38)(H,36,39)/t25-,26?,27?/m0/s1. The maximum Gasteiger partial charge on any atom is 0.416 e. The van der Waals surface area contributed by atoms with E-state index in [1.165, 1.54) is 12.1 Å². The molecule has 41 heavy (non-hydrogen) atoms. The number of carbonyl (C=O) groups is 3. The summed E-state index contributed by atoms with van der Waals surface area (Å²) in [6.07, 6.45) is -0.910. The molecule has 0 aliphatic carbocycles. The quantitative estimate of drug-likeness (QED) is 0.228. The van der Waals surface area contributed by atoms with E-state index in [-0.39, 0.29) is 17.7 Å². The van der Waals surface area contributed by atoms with Gasteiger partial charge in [0.15, 0.2) is 0 Å². The lowest BCUT2D eigenvalue weighted by molar-refractivity contribution is -0.143. The molecule has 0 radical (unpaired) electrons. The number of benzene rings is 2. The van der Waals surface area contributed by atoms with Crippen LogP contribution in [0.4, 0.5) is 13.2 Å². The second-order valence-corrected chi connectivity index (χ2v) is 11.2. The van der Waals surface area contributed by atoms with E-state index in [4.69, 9.17) is 0 Å². The highest BCUT2D eigenvalue weighted by molar-refractivity contribution is 5.91. The summed E-state index contributed by atoms with van der Waals surface area (Å²) in [7, 11) is 0. The van der Waals surface area contributed by atoms with Crippen molar-refractivity contribution >= 4 is 17.7 Å². The second kappa shape index (κ2) is 14.5. The molecule has 2 aromatic carbocycles. The molecule has 3 N–H and O–H groups in total. The SMILES string of the molecule is CCC[C@H](C(=O)NO)C(CC(C)C)C(=O)NC1CCCCN(Cc2cccc(-c3ccc(C(F)(F)F)cc3)c2)C1=O. The number of likely N-dealkylation sites (tertiary alicyclic amines) is 1. The molecule has 0 aromatic heterocycles. The molecule has 0 bridgehead atoms. The Balaban J connectivity index is 1.76. The zero-order valence-electron chi connectivity index (χ0n) is 23.8. The van der Waals surface area contributed by atoms with Gasteiger partial charge < -0.3 is 10.2 Å². The van der Waals surface area contributed by atoms with E-state index in [1.807, 2.05) is 39.0 Å². The van der Waals surface area contributed by atoms with E-state index in [0.717, 1.165) is 36.1 Å². The van der Waals surface area contributed by atoms with Crippen LogP contribution in [0, 0.1) is 17.8 Å². The van der Waals surface area contributed by atoms with Crippen LogP contribution >= 0.6 is 0 Å². The number of halogens is 3. The summed E-state index contributed by atoms with van der Waals surface area (Å²) in [6, 6.07) is 11.6. The highest BCUT2D eigenvalue weighted by Crippen LogP contribution is 2.31. The monoisotopic (exact) mass is 575 g/mol. The Morgan fingerprint density at radius 1 is 1.02 bits per heavy atom. The van der Waals surface area contributed by atoms with Crippen molar-refractivity contribution in [2.45, 2.75) is 78.1 Å². The Kier molecular flexibility index (Phi) is 11.3. The van der Waals surface area contributed by atoms with Crippen LogP contribution in [0.3, 0.4) is 0 Å². The number of carbonyl (C=O) groups excluding carboxylic acids is 3. The molecule has 10 heteroatoms. The zero-order valence-corrected chi connectivity index (χ0v) is 23.8. The van der Waals surface area contributed by atoms with Crippen LogP contribution < -0.4 is 10.8 Å². The number of hydrogen-bond donors (Lipinski definition) is 3. The average molecular weight is 576 g/mol. The Bertz CT molecular complexity index is 1180. The fourth-order valence-electron chi connectivity index (χ4n) is 5.47. The highest BCUT2D eigenvalue weighted by atomic mass is 19.4. The molecule has 224 valence electrons. The third kappa shape index (κ3) is 8.79. The number of nitrogens with one attached hydrogen (secondary N) is 2. The minimum atomic E-state index is -4.41. The fourth-order valence-corrected chi connectivity index (χ4v) is 5.47. The van der Waals surface area contributed by atoms with Crippen LogP contribution in [0.25, 0.3) is 11.1 Å². The van der Waals surface area contributed by atoms with E-state index in [9.17, 15) is 32.8 Å². The smallest absolute Gasteiger partial charge is 0.344 e. The van der Waals surface area contributed by atoms with Crippen molar-refractivity contribution in [3.8, 4) is 11.1 Å². The second-order valence-electron chi connectivity index (χ2n) is 11.2. The normalized spacial score (nSPS) is 17.6. The van der Waals surface area contributed by atoms with Gasteiger partial charge in [-0.25, -0.2) is 5.48 Å². The Morgan fingerprint density at radius 3 is 2.34 bits per heavy atom. The van der Waals surface area contributed by atoms with Crippen molar-refractivity contribution in [3.63, 3.8) is 0 Å². The van der Waals surface area contributed by atoms with Gasteiger partial charge in [-0.2, -0.15) is 13.2 Å². The topological polar surface area (TPSA) is 98.7 Å². The minimum absolute atomic E-state index is 0.120. The van der Waals surface area contributed by atoms with Crippen molar-refractivity contribution in [1.29, 1.82) is 0 Å². The molecule has 1 aliphatic rings. The summed E-state index contributed by atoms with van der Waals surface area (Å²) in [6.45, 7) is 6.62. The van der Waals surface area contributed by atoms with Crippen molar-refractivity contribution in [2.24, 2.45) is 17.8 Å². The maximum atomic E-state index is 13.6. The van der Waals surface area contributed by atoms with Crippen molar-refractivity contribution in [1.82, 2.24) is 15.7 Å². The molecule has 3 rings (SSSR count). The number of amides is 3. The van der Waals surface area contributed by atoms with Crippen LogP contribution in [0.5, 0.6) is 0 Å². The van der Waals surface area contributed by atoms with E-state index >= 15 is 0 Å². The molecule has 0 spiro atoms. The van der Waals surface area contributed by atoms with Crippen LogP contribution in [-0.4, -0.2) is 40.4 Å².